The van der Waals surface area contributed by atoms with Crippen molar-refractivity contribution < 1.29 is 9.18 Å². The van der Waals surface area contributed by atoms with E-state index in [1.54, 1.807) is 0 Å². The molecule has 0 fully saturated rings. The molecule has 0 amide bonds. The van der Waals surface area contributed by atoms with Gasteiger partial charge in [-0.2, -0.15) is 4.39 Å². The van der Waals surface area contributed by atoms with E-state index in [2.05, 4.69) is 4.98 Å². The number of hydrogen-bond donors (Lipinski definition) is 0. The summed E-state index contributed by atoms with van der Waals surface area (Å²) < 4.78 is 13.7. The Morgan fingerprint density at radius 1 is 1.11 bits per heavy atom. The van der Waals surface area contributed by atoms with Crippen molar-refractivity contribution in [3.63, 3.8) is 0 Å². The highest BCUT2D eigenvalue weighted by Gasteiger charge is 2.14. The van der Waals surface area contributed by atoms with Gasteiger partial charge in [-0.3, -0.25) is 4.79 Å². The predicted octanol–water partition coefficient (Wildman–Crippen LogP) is 4.66. The Labute approximate surface area is 117 Å². The second-order valence-electron chi connectivity index (χ2n) is 3.47. The molecule has 18 heavy (non-hydrogen) atoms. The summed E-state index contributed by atoms with van der Waals surface area (Å²) in [5.74, 6) is -0.749. The summed E-state index contributed by atoms with van der Waals surface area (Å²) in [6, 6.07) is 4.25. The van der Waals surface area contributed by atoms with Crippen molar-refractivity contribution in [2.24, 2.45) is 0 Å². The largest absolute Gasteiger partial charge is 0.298 e. The van der Waals surface area contributed by atoms with Crippen LogP contribution in [-0.2, 0) is 0 Å². The Hall–Kier alpha value is -1.16. The van der Waals surface area contributed by atoms with E-state index >= 15 is 0 Å². The number of aldehydes is 1. The van der Waals surface area contributed by atoms with Gasteiger partial charge in [-0.25, -0.2) is 4.98 Å². The molecular formula is C12H5Cl3FNO. The Morgan fingerprint density at radius 3 is 2.50 bits per heavy atom. The number of halogens is 4. The van der Waals surface area contributed by atoms with Crippen LogP contribution in [0.15, 0.2) is 24.4 Å². The molecule has 0 saturated heterocycles. The van der Waals surface area contributed by atoms with Crippen LogP contribution in [0.3, 0.4) is 0 Å². The van der Waals surface area contributed by atoms with Crippen molar-refractivity contribution in [3.8, 4) is 11.1 Å². The van der Waals surface area contributed by atoms with Gasteiger partial charge in [0.05, 0.1) is 10.0 Å². The van der Waals surface area contributed by atoms with Crippen molar-refractivity contribution in [1.82, 2.24) is 4.98 Å². The average Bonchev–Trinajstić information content (AvgIpc) is 2.34. The summed E-state index contributed by atoms with van der Waals surface area (Å²) in [6.45, 7) is 0. The predicted molar refractivity (Wildman–Crippen MR) is 70.0 cm³/mol. The zero-order chi connectivity index (χ0) is 13.3. The molecule has 1 aromatic carbocycles. The highest BCUT2D eigenvalue weighted by Crippen LogP contribution is 2.37. The molecule has 92 valence electrons. The maximum absolute atomic E-state index is 13.7. The second-order valence-corrected chi connectivity index (χ2v) is 4.70. The third kappa shape index (κ3) is 2.48. The van der Waals surface area contributed by atoms with Gasteiger partial charge >= 0.3 is 0 Å². The fourth-order valence-electron chi connectivity index (χ4n) is 1.47. The molecule has 2 nitrogen and oxygen atoms in total. The number of pyridine rings is 1. The van der Waals surface area contributed by atoms with E-state index < -0.39 is 5.95 Å². The Kier molecular flexibility index (Phi) is 3.85. The smallest absolute Gasteiger partial charge is 0.220 e. The van der Waals surface area contributed by atoms with Gasteiger partial charge in [0.15, 0.2) is 6.29 Å². The maximum Gasteiger partial charge on any atom is 0.220 e. The lowest BCUT2D eigenvalue weighted by Crippen LogP contribution is -1.93. The first kappa shape index (κ1) is 13.3. The normalized spacial score (nSPS) is 10.4. The fraction of sp³-hybridized carbons (Fsp3) is 0. The third-order valence-corrected chi connectivity index (χ3v) is 3.30. The molecule has 0 aliphatic carbocycles. The number of hydrogen-bond acceptors (Lipinski definition) is 2. The maximum atomic E-state index is 13.7. The molecule has 0 atom stereocenters. The van der Waals surface area contributed by atoms with E-state index in [0.29, 0.717) is 16.9 Å². The van der Waals surface area contributed by atoms with Gasteiger partial charge in [0, 0.05) is 27.9 Å². The van der Waals surface area contributed by atoms with Crippen molar-refractivity contribution in [3.05, 3.63) is 51.0 Å². The molecule has 0 aliphatic rings. The van der Waals surface area contributed by atoms with Crippen LogP contribution in [0.4, 0.5) is 4.39 Å². The molecule has 0 unspecified atom stereocenters. The average molecular weight is 305 g/mol. The van der Waals surface area contributed by atoms with Crippen LogP contribution in [0, 0.1) is 5.95 Å². The Morgan fingerprint density at radius 2 is 1.83 bits per heavy atom. The minimum Gasteiger partial charge on any atom is -0.298 e. The molecule has 0 N–H and O–H groups in total. The summed E-state index contributed by atoms with van der Waals surface area (Å²) in [5, 5.41) is 0.676. The van der Waals surface area contributed by atoms with Gasteiger partial charge in [0.25, 0.3) is 0 Å². The van der Waals surface area contributed by atoms with E-state index in [-0.39, 0.29) is 21.2 Å². The number of nitrogens with zero attached hydrogens (tertiary/aromatic N) is 1. The highest BCUT2D eigenvalue weighted by atomic mass is 35.5. The van der Waals surface area contributed by atoms with Crippen LogP contribution >= 0.6 is 34.8 Å². The summed E-state index contributed by atoms with van der Waals surface area (Å²) >= 11 is 17.7. The molecular weight excluding hydrogens is 299 g/mol. The first-order valence-electron chi connectivity index (χ1n) is 4.78. The minimum atomic E-state index is -0.749. The lowest BCUT2D eigenvalue weighted by atomic mass is 10.1. The van der Waals surface area contributed by atoms with Crippen LogP contribution in [-0.4, -0.2) is 11.3 Å². The summed E-state index contributed by atoms with van der Waals surface area (Å²) in [4.78, 5) is 14.2. The van der Waals surface area contributed by atoms with Gasteiger partial charge in [-0.1, -0.05) is 34.8 Å². The first-order valence-corrected chi connectivity index (χ1v) is 5.92. The standard InChI is InChI=1S/C12H5Cl3FNO/c13-7-2-8(11(15)10(14)3-7)9-1-6(5-18)4-17-12(9)16/h1-5H. The van der Waals surface area contributed by atoms with E-state index in [9.17, 15) is 9.18 Å². The number of carbonyl (C=O) groups is 1. The monoisotopic (exact) mass is 303 g/mol. The Balaban J connectivity index is 2.72. The minimum absolute atomic E-state index is 0.0778. The van der Waals surface area contributed by atoms with E-state index in [4.69, 9.17) is 34.8 Å². The van der Waals surface area contributed by atoms with Crippen molar-refractivity contribution in [2.75, 3.05) is 0 Å². The van der Waals surface area contributed by atoms with Gasteiger partial charge < -0.3 is 0 Å². The molecule has 0 spiro atoms. The van der Waals surface area contributed by atoms with Gasteiger partial charge in [-0.15, -0.1) is 0 Å². The van der Waals surface area contributed by atoms with Crippen molar-refractivity contribution in [2.45, 2.75) is 0 Å². The van der Waals surface area contributed by atoms with Crippen LogP contribution < -0.4 is 0 Å². The molecule has 0 bridgehead atoms. The van der Waals surface area contributed by atoms with Crippen LogP contribution in [0.1, 0.15) is 10.4 Å². The molecule has 6 heteroatoms. The molecule has 2 aromatic rings. The number of benzene rings is 1. The molecule has 1 aromatic heterocycles. The quantitative estimate of drug-likeness (QED) is 0.459. The van der Waals surface area contributed by atoms with Crippen LogP contribution in [0.25, 0.3) is 11.1 Å². The molecule has 0 radical (unpaired) electrons. The third-order valence-electron chi connectivity index (χ3n) is 2.28. The van der Waals surface area contributed by atoms with Gasteiger partial charge in [-0.05, 0) is 18.2 Å². The van der Waals surface area contributed by atoms with Crippen LogP contribution in [0.2, 0.25) is 15.1 Å². The fourth-order valence-corrected chi connectivity index (χ4v) is 2.17. The van der Waals surface area contributed by atoms with E-state index in [1.807, 2.05) is 0 Å². The SMILES string of the molecule is O=Cc1cnc(F)c(-c2cc(Cl)cc(Cl)c2Cl)c1. The number of rotatable bonds is 2. The highest BCUT2D eigenvalue weighted by molar-refractivity contribution is 6.45. The summed E-state index contributed by atoms with van der Waals surface area (Å²) in [5.41, 5.74) is 0.607. The van der Waals surface area contributed by atoms with Gasteiger partial charge in [0.2, 0.25) is 5.95 Å². The van der Waals surface area contributed by atoms with E-state index in [1.165, 1.54) is 18.2 Å². The summed E-state index contributed by atoms with van der Waals surface area (Å²) in [6.07, 6.45) is 1.70. The topological polar surface area (TPSA) is 30.0 Å². The second kappa shape index (κ2) is 5.22. The zero-order valence-electron chi connectivity index (χ0n) is 8.75. The molecule has 0 saturated carbocycles. The lowest BCUT2D eigenvalue weighted by molar-refractivity contribution is 0.112. The molecule has 2 rings (SSSR count). The molecule has 0 aliphatic heterocycles. The van der Waals surface area contributed by atoms with Gasteiger partial charge in [0.1, 0.15) is 0 Å². The number of carbonyl (C=O) groups excluding carboxylic acids is 1. The van der Waals surface area contributed by atoms with Crippen molar-refractivity contribution in [1.29, 1.82) is 0 Å². The lowest BCUT2D eigenvalue weighted by Gasteiger charge is -2.08. The summed E-state index contributed by atoms with van der Waals surface area (Å²) in [7, 11) is 0. The first-order chi connectivity index (χ1) is 8.52. The van der Waals surface area contributed by atoms with E-state index in [0.717, 1.165) is 6.20 Å². The Bertz CT molecular complexity index is 631. The van der Waals surface area contributed by atoms with Crippen LogP contribution in [0.5, 0.6) is 0 Å². The number of aromatic nitrogens is 1. The van der Waals surface area contributed by atoms with Crippen molar-refractivity contribution >= 4 is 41.1 Å². The molecule has 1 heterocycles. The zero-order valence-corrected chi connectivity index (χ0v) is 11.0.